The van der Waals surface area contributed by atoms with E-state index in [0.29, 0.717) is 11.9 Å². The number of rotatable bonds is 12. The van der Waals surface area contributed by atoms with Gasteiger partial charge in [0.2, 0.25) is 5.91 Å². The summed E-state index contributed by atoms with van der Waals surface area (Å²) in [6.45, 7) is 9.36. The summed E-state index contributed by atoms with van der Waals surface area (Å²) in [5.41, 5.74) is 0. The Morgan fingerprint density at radius 2 is 2.20 bits per heavy atom. The van der Waals surface area contributed by atoms with Crippen LogP contribution in [0.3, 0.4) is 0 Å². The van der Waals surface area contributed by atoms with Gasteiger partial charge in [-0.3, -0.25) is 9.79 Å². The summed E-state index contributed by atoms with van der Waals surface area (Å²) in [5.74, 6) is 2.02. The standard InChI is InChI=1S/C19H36N4O2/c1-3-17(23-13-5-7-18(23)24)10-12-22-19(20-4-2)21-11-6-14-25-15-16-8-9-16/h16-17H,3-15H2,1-2H3,(H2,20,21,22). The minimum absolute atomic E-state index is 0.318. The lowest BCUT2D eigenvalue weighted by atomic mass is 10.1. The SMILES string of the molecule is CCNC(=NCCCOCC1CC1)NCCC(CC)N1CCCC1=O. The molecule has 144 valence electrons. The van der Waals surface area contributed by atoms with Gasteiger partial charge in [-0.25, -0.2) is 0 Å². The minimum atomic E-state index is 0.318. The molecule has 0 aromatic rings. The van der Waals surface area contributed by atoms with Crippen molar-refractivity contribution in [3.63, 3.8) is 0 Å². The second-order valence-electron chi connectivity index (χ2n) is 7.10. The molecule has 1 unspecified atom stereocenters. The van der Waals surface area contributed by atoms with Gasteiger partial charge in [-0.15, -0.1) is 0 Å². The Labute approximate surface area is 152 Å². The highest BCUT2D eigenvalue weighted by molar-refractivity contribution is 5.80. The van der Waals surface area contributed by atoms with Crippen LogP contribution in [0.1, 0.15) is 58.8 Å². The van der Waals surface area contributed by atoms with Crippen molar-refractivity contribution in [1.29, 1.82) is 0 Å². The predicted octanol–water partition coefficient (Wildman–Crippen LogP) is 2.15. The zero-order valence-corrected chi connectivity index (χ0v) is 16.1. The molecule has 6 nitrogen and oxygen atoms in total. The van der Waals surface area contributed by atoms with Crippen molar-refractivity contribution in [3.8, 4) is 0 Å². The van der Waals surface area contributed by atoms with E-state index in [1.807, 2.05) is 0 Å². The van der Waals surface area contributed by atoms with Gasteiger partial charge >= 0.3 is 0 Å². The van der Waals surface area contributed by atoms with Gasteiger partial charge in [0, 0.05) is 51.9 Å². The molecule has 0 bridgehead atoms. The van der Waals surface area contributed by atoms with Crippen molar-refractivity contribution in [2.45, 2.75) is 64.8 Å². The van der Waals surface area contributed by atoms with E-state index in [1.165, 1.54) is 12.8 Å². The zero-order valence-electron chi connectivity index (χ0n) is 16.1. The van der Waals surface area contributed by atoms with Crippen molar-refractivity contribution in [2.75, 3.05) is 39.4 Å². The fraction of sp³-hybridized carbons (Fsp3) is 0.895. The molecule has 6 heteroatoms. The van der Waals surface area contributed by atoms with Crippen LogP contribution in [0.2, 0.25) is 0 Å². The van der Waals surface area contributed by atoms with Crippen LogP contribution >= 0.6 is 0 Å². The van der Waals surface area contributed by atoms with E-state index >= 15 is 0 Å². The molecule has 1 saturated carbocycles. The topological polar surface area (TPSA) is 66.0 Å². The van der Waals surface area contributed by atoms with E-state index in [2.05, 4.69) is 34.4 Å². The van der Waals surface area contributed by atoms with Crippen LogP contribution < -0.4 is 10.6 Å². The Kier molecular flexibility index (Phi) is 9.08. The number of amides is 1. The van der Waals surface area contributed by atoms with Crippen molar-refractivity contribution < 1.29 is 9.53 Å². The minimum Gasteiger partial charge on any atom is -0.381 e. The number of aliphatic imine (C=N–C) groups is 1. The molecule has 2 rings (SSSR count). The van der Waals surface area contributed by atoms with Gasteiger partial charge in [-0.2, -0.15) is 0 Å². The average Bonchev–Trinajstić information content (AvgIpc) is 3.34. The summed E-state index contributed by atoms with van der Waals surface area (Å²) in [7, 11) is 0. The summed E-state index contributed by atoms with van der Waals surface area (Å²) in [4.78, 5) is 18.6. The van der Waals surface area contributed by atoms with Crippen molar-refractivity contribution in [2.24, 2.45) is 10.9 Å². The first-order valence-electron chi connectivity index (χ1n) is 10.1. The molecule has 1 heterocycles. The molecule has 0 aromatic heterocycles. The number of ether oxygens (including phenoxy) is 1. The van der Waals surface area contributed by atoms with Crippen LogP contribution in [0.25, 0.3) is 0 Å². The van der Waals surface area contributed by atoms with Crippen LogP contribution in [-0.4, -0.2) is 62.2 Å². The lowest BCUT2D eigenvalue weighted by Crippen LogP contribution is -2.42. The summed E-state index contributed by atoms with van der Waals surface area (Å²) in [6.07, 6.45) is 7.36. The smallest absolute Gasteiger partial charge is 0.222 e. The number of carbonyl (C=O) groups excluding carboxylic acids is 1. The fourth-order valence-electron chi connectivity index (χ4n) is 3.23. The number of likely N-dealkylation sites (tertiary alicyclic amines) is 1. The molecule has 25 heavy (non-hydrogen) atoms. The van der Waals surface area contributed by atoms with Crippen molar-refractivity contribution in [1.82, 2.24) is 15.5 Å². The maximum Gasteiger partial charge on any atom is 0.222 e. The molecular formula is C19H36N4O2. The molecular weight excluding hydrogens is 316 g/mol. The van der Waals surface area contributed by atoms with Gasteiger partial charge < -0.3 is 20.3 Å². The van der Waals surface area contributed by atoms with E-state index in [1.54, 1.807) is 0 Å². The van der Waals surface area contributed by atoms with Crippen LogP contribution in [0.4, 0.5) is 0 Å². The van der Waals surface area contributed by atoms with E-state index in [0.717, 1.165) is 83.4 Å². The quantitative estimate of drug-likeness (QED) is 0.321. The maximum atomic E-state index is 11.9. The summed E-state index contributed by atoms with van der Waals surface area (Å²) in [5, 5.41) is 6.69. The molecule has 2 aliphatic rings. The number of hydrogen-bond acceptors (Lipinski definition) is 3. The third-order valence-corrected chi connectivity index (χ3v) is 4.90. The number of nitrogens with zero attached hydrogens (tertiary/aromatic N) is 2. The number of guanidine groups is 1. The van der Waals surface area contributed by atoms with E-state index in [9.17, 15) is 4.79 Å². The first kappa shape index (κ1) is 20.0. The molecule has 1 atom stereocenters. The lowest BCUT2D eigenvalue weighted by Gasteiger charge is -2.27. The van der Waals surface area contributed by atoms with E-state index < -0.39 is 0 Å². The second kappa shape index (κ2) is 11.3. The molecule has 0 aromatic carbocycles. The van der Waals surface area contributed by atoms with E-state index in [4.69, 9.17) is 4.74 Å². The van der Waals surface area contributed by atoms with E-state index in [-0.39, 0.29) is 0 Å². The Morgan fingerprint density at radius 3 is 2.84 bits per heavy atom. The van der Waals surface area contributed by atoms with Crippen LogP contribution in [0.5, 0.6) is 0 Å². The highest BCUT2D eigenvalue weighted by Gasteiger charge is 2.26. The van der Waals surface area contributed by atoms with Gasteiger partial charge in [0.05, 0.1) is 0 Å². The van der Waals surface area contributed by atoms with Gasteiger partial charge in [-0.1, -0.05) is 6.92 Å². The summed E-state index contributed by atoms with van der Waals surface area (Å²) in [6, 6.07) is 0.348. The molecule has 0 radical (unpaired) electrons. The lowest BCUT2D eigenvalue weighted by molar-refractivity contribution is -0.129. The fourth-order valence-corrected chi connectivity index (χ4v) is 3.23. The molecule has 1 amide bonds. The normalized spacial score (nSPS) is 19.4. The zero-order chi connectivity index (χ0) is 17.9. The monoisotopic (exact) mass is 352 g/mol. The Bertz CT molecular complexity index is 424. The first-order valence-corrected chi connectivity index (χ1v) is 10.1. The third-order valence-electron chi connectivity index (χ3n) is 4.90. The third kappa shape index (κ3) is 7.63. The number of nitrogens with one attached hydrogen (secondary N) is 2. The van der Waals surface area contributed by atoms with Crippen LogP contribution in [-0.2, 0) is 9.53 Å². The summed E-state index contributed by atoms with van der Waals surface area (Å²) >= 11 is 0. The molecule has 1 aliphatic carbocycles. The molecule has 2 N–H and O–H groups in total. The molecule has 2 fully saturated rings. The second-order valence-corrected chi connectivity index (χ2v) is 7.10. The highest BCUT2D eigenvalue weighted by atomic mass is 16.5. The predicted molar refractivity (Wildman–Crippen MR) is 102 cm³/mol. The average molecular weight is 353 g/mol. The van der Waals surface area contributed by atoms with Crippen LogP contribution in [0.15, 0.2) is 4.99 Å². The van der Waals surface area contributed by atoms with Crippen LogP contribution in [0, 0.1) is 5.92 Å². The Hall–Kier alpha value is -1.30. The Morgan fingerprint density at radius 1 is 1.36 bits per heavy atom. The maximum absolute atomic E-state index is 11.9. The van der Waals surface area contributed by atoms with Gasteiger partial charge in [0.1, 0.15) is 0 Å². The van der Waals surface area contributed by atoms with Gasteiger partial charge in [0.25, 0.3) is 0 Å². The molecule has 0 spiro atoms. The Balaban J connectivity index is 1.62. The van der Waals surface area contributed by atoms with Gasteiger partial charge in [-0.05, 0) is 51.4 Å². The number of hydrogen-bond donors (Lipinski definition) is 2. The largest absolute Gasteiger partial charge is 0.381 e. The molecule has 1 aliphatic heterocycles. The summed E-state index contributed by atoms with van der Waals surface area (Å²) < 4.78 is 5.65. The molecule has 1 saturated heterocycles. The first-order chi connectivity index (χ1) is 12.2. The van der Waals surface area contributed by atoms with Gasteiger partial charge in [0.15, 0.2) is 5.96 Å². The highest BCUT2D eigenvalue weighted by Crippen LogP contribution is 2.28. The van der Waals surface area contributed by atoms with Crippen molar-refractivity contribution >= 4 is 11.9 Å². The number of carbonyl (C=O) groups is 1. The van der Waals surface area contributed by atoms with Crippen molar-refractivity contribution in [3.05, 3.63) is 0 Å².